The maximum absolute atomic E-state index is 12.6. The number of rotatable bonds is 4. The van der Waals surface area contributed by atoms with Crippen molar-refractivity contribution < 1.29 is 22.7 Å². The molecule has 0 atom stereocenters. The van der Waals surface area contributed by atoms with Gasteiger partial charge in [-0.1, -0.05) is 18.2 Å². The number of amides is 1. The van der Waals surface area contributed by atoms with Crippen molar-refractivity contribution in [3.05, 3.63) is 53.7 Å². The van der Waals surface area contributed by atoms with Crippen molar-refractivity contribution in [2.24, 2.45) is 0 Å². The summed E-state index contributed by atoms with van der Waals surface area (Å²) < 4.78 is 43.2. The molecule has 1 saturated heterocycles. The summed E-state index contributed by atoms with van der Waals surface area (Å²) in [5.74, 6) is 1.16. The van der Waals surface area contributed by atoms with Gasteiger partial charge < -0.3 is 14.5 Å². The minimum absolute atomic E-state index is 0.000437. The van der Waals surface area contributed by atoms with Crippen molar-refractivity contribution in [1.29, 1.82) is 0 Å². The molecule has 0 N–H and O–H groups in total. The Morgan fingerprint density at radius 2 is 1.81 bits per heavy atom. The summed E-state index contributed by atoms with van der Waals surface area (Å²) in [5, 5.41) is 0. The number of aromatic nitrogens is 1. The predicted molar refractivity (Wildman–Crippen MR) is 94.7 cm³/mol. The molecule has 2 aromatic rings. The summed E-state index contributed by atoms with van der Waals surface area (Å²) in [5.41, 5.74) is 0.0636. The highest BCUT2D eigenvalue weighted by Gasteiger charge is 2.31. The van der Waals surface area contributed by atoms with Gasteiger partial charge in [-0.2, -0.15) is 13.2 Å². The van der Waals surface area contributed by atoms with Crippen LogP contribution in [0.25, 0.3) is 0 Å². The number of alkyl halides is 3. The van der Waals surface area contributed by atoms with Gasteiger partial charge in [-0.3, -0.25) is 4.79 Å². The van der Waals surface area contributed by atoms with Gasteiger partial charge in [0.1, 0.15) is 11.6 Å². The lowest BCUT2D eigenvalue weighted by Gasteiger charge is -2.35. The molecule has 2 heterocycles. The molecule has 5 nitrogen and oxygen atoms in total. The van der Waals surface area contributed by atoms with E-state index >= 15 is 0 Å². The van der Waals surface area contributed by atoms with Crippen molar-refractivity contribution >= 4 is 11.7 Å². The molecule has 3 rings (SSSR count). The molecule has 144 valence electrons. The van der Waals surface area contributed by atoms with Crippen LogP contribution in [-0.2, 0) is 17.4 Å². The fourth-order valence-corrected chi connectivity index (χ4v) is 3.05. The van der Waals surface area contributed by atoms with E-state index in [0.29, 0.717) is 37.7 Å². The number of carbonyl (C=O) groups is 1. The van der Waals surface area contributed by atoms with Crippen LogP contribution in [0.3, 0.4) is 0 Å². The Morgan fingerprint density at radius 3 is 2.41 bits per heavy atom. The van der Waals surface area contributed by atoms with E-state index in [1.807, 2.05) is 29.2 Å². The van der Waals surface area contributed by atoms with Gasteiger partial charge in [-0.05, 0) is 18.2 Å². The van der Waals surface area contributed by atoms with E-state index in [1.54, 1.807) is 12.0 Å². The van der Waals surface area contributed by atoms with Crippen LogP contribution in [0.4, 0.5) is 19.0 Å². The third kappa shape index (κ3) is 4.50. The van der Waals surface area contributed by atoms with Gasteiger partial charge in [0, 0.05) is 37.9 Å². The summed E-state index contributed by atoms with van der Waals surface area (Å²) in [6.45, 7) is 2.04. The minimum atomic E-state index is -4.39. The number of hydrogen-bond donors (Lipinski definition) is 0. The van der Waals surface area contributed by atoms with E-state index in [9.17, 15) is 18.0 Å². The SMILES string of the molecule is COc1ccccc1CC(=O)N1CCN(c2ccc(C(F)(F)F)cn2)CC1. The molecule has 0 saturated carbocycles. The largest absolute Gasteiger partial charge is 0.496 e. The molecule has 1 aliphatic rings. The van der Waals surface area contributed by atoms with Gasteiger partial charge in [0.05, 0.1) is 19.1 Å². The lowest BCUT2D eigenvalue weighted by atomic mass is 10.1. The number of benzene rings is 1. The number of ether oxygens (including phenoxy) is 1. The molecule has 0 bridgehead atoms. The van der Waals surface area contributed by atoms with Gasteiger partial charge in [0.15, 0.2) is 0 Å². The van der Waals surface area contributed by atoms with Gasteiger partial charge in [-0.15, -0.1) is 0 Å². The van der Waals surface area contributed by atoms with Crippen molar-refractivity contribution in [1.82, 2.24) is 9.88 Å². The number of methoxy groups -OCH3 is 1. The van der Waals surface area contributed by atoms with E-state index < -0.39 is 11.7 Å². The van der Waals surface area contributed by atoms with Gasteiger partial charge >= 0.3 is 6.18 Å². The quantitative estimate of drug-likeness (QED) is 0.819. The first-order valence-corrected chi connectivity index (χ1v) is 8.56. The molecule has 0 unspecified atom stereocenters. The summed E-state index contributed by atoms with van der Waals surface area (Å²) in [6, 6.07) is 9.79. The predicted octanol–water partition coefficient (Wildman–Crippen LogP) is 3.00. The fraction of sp³-hybridized carbons (Fsp3) is 0.368. The Labute approximate surface area is 155 Å². The van der Waals surface area contributed by atoms with Crippen LogP contribution < -0.4 is 9.64 Å². The molecule has 0 spiro atoms. The van der Waals surface area contributed by atoms with Crippen LogP contribution in [0.1, 0.15) is 11.1 Å². The zero-order valence-corrected chi connectivity index (χ0v) is 14.9. The summed E-state index contributed by atoms with van der Waals surface area (Å²) >= 11 is 0. The second-order valence-electron chi connectivity index (χ2n) is 6.26. The standard InChI is InChI=1S/C19H20F3N3O2/c1-27-16-5-3-2-4-14(16)12-18(26)25-10-8-24(9-11-25)17-7-6-15(13-23-17)19(20,21)22/h2-7,13H,8-12H2,1H3. The van der Waals surface area contributed by atoms with Crippen LogP contribution in [0, 0.1) is 0 Å². The van der Waals surface area contributed by atoms with E-state index in [1.165, 1.54) is 6.07 Å². The molecule has 0 aliphatic carbocycles. The summed E-state index contributed by atoms with van der Waals surface area (Å²) in [7, 11) is 1.57. The number of anilines is 1. The Bertz CT molecular complexity index is 786. The number of hydrogen-bond acceptors (Lipinski definition) is 4. The molecule has 1 amide bonds. The minimum Gasteiger partial charge on any atom is -0.496 e. The molecule has 0 radical (unpaired) electrons. The third-order valence-electron chi connectivity index (χ3n) is 4.57. The van der Waals surface area contributed by atoms with Crippen LogP contribution in [0.5, 0.6) is 5.75 Å². The first-order valence-electron chi connectivity index (χ1n) is 8.56. The monoisotopic (exact) mass is 379 g/mol. The lowest BCUT2D eigenvalue weighted by Crippen LogP contribution is -2.49. The Kier molecular flexibility index (Phi) is 5.53. The number of nitrogens with zero attached hydrogens (tertiary/aromatic N) is 3. The average Bonchev–Trinajstić information content (AvgIpc) is 2.68. The molecular weight excluding hydrogens is 359 g/mol. The maximum atomic E-state index is 12.6. The van der Waals surface area contributed by atoms with E-state index in [4.69, 9.17) is 4.74 Å². The normalized spacial score (nSPS) is 15.0. The smallest absolute Gasteiger partial charge is 0.417 e. The van der Waals surface area contributed by atoms with Crippen molar-refractivity contribution in [3.63, 3.8) is 0 Å². The third-order valence-corrected chi connectivity index (χ3v) is 4.57. The molecule has 1 fully saturated rings. The Hall–Kier alpha value is -2.77. The van der Waals surface area contributed by atoms with Crippen LogP contribution in [-0.4, -0.2) is 49.1 Å². The van der Waals surface area contributed by atoms with Gasteiger partial charge in [0.25, 0.3) is 0 Å². The second kappa shape index (κ2) is 7.85. The summed E-state index contributed by atoms with van der Waals surface area (Å²) in [4.78, 5) is 20.1. The molecule has 1 aromatic heterocycles. The molecule has 1 aliphatic heterocycles. The molecule has 1 aromatic carbocycles. The number of halogens is 3. The number of pyridine rings is 1. The van der Waals surface area contributed by atoms with Crippen molar-refractivity contribution in [2.45, 2.75) is 12.6 Å². The van der Waals surface area contributed by atoms with E-state index in [2.05, 4.69) is 4.98 Å². The average molecular weight is 379 g/mol. The highest BCUT2D eigenvalue weighted by Crippen LogP contribution is 2.29. The zero-order valence-electron chi connectivity index (χ0n) is 14.9. The molecule has 27 heavy (non-hydrogen) atoms. The highest BCUT2D eigenvalue weighted by molar-refractivity contribution is 5.79. The van der Waals surface area contributed by atoms with Crippen LogP contribution in [0.2, 0.25) is 0 Å². The van der Waals surface area contributed by atoms with Gasteiger partial charge in [0.2, 0.25) is 5.91 Å². The summed E-state index contributed by atoms with van der Waals surface area (Å²) in [6.07, 6.45) is -3.30. The Morgan fingerprint density at radius 1 is 1.11 bits per heavy atom. The zero-order chi connectivity index (χ0) is 19.4. The number of carbonyl (C=O) groups excluding carboxylic acids is 1. The number of piperazine rings is 1. The lowest BCUT2D eigenvalue weighted by molar-refractivity contribution is -0.137. The highest BCUT2D eigenvalue weighted by atomic mass is 19.4. The van der Waals surface area contributed by atoms with Gasteiger partial charge in [-0.25, -0.2) is 4.98 Å². The van der Waals surface area contributed by atoms with Crippen LogP contribution in [0.15, 0.2) is 42.6 Å². The second-order valence-corrected chi connectivity index (χ2v) is 6.26. The topological polar surface area (TPSA) is 45.7 Å². The fourth-order valence-electron chi connectivity index (χ4n) is 3.05. The molecular formula is C19H20F3N3O2. The Balaban J connectivity index is 1.57. The maximum Gasteiger partial charge on any atom is 0.417 e. The van der Waals surface area contributed by atoms with E-state index in [0.717, 1.165) is 17.8 Å². The van der Waals surface area contributed by atoms with Crippen molar-refractivity contribution in [3.8, 4) is 5.75 Å². The first kappa shape index (κ1) is 19.0. The van der Waals surface area contributed by atoms with Crippen molar-refractivity contribution in [2.75, 3.05) is 38.2 Å². The van der Waals surface area contributed by atoms with E-state index in [-0.39, 0.29) is 12.3 Å². The number of para-hydroxylation sites is 1. The molecule has 8 heteroatoms. The first-order chi connectivity index (χ1) is 12.9. The van der Waals surface area contributed by atoms with Crippen LogP contribution >= 0.6 is 0 Å².